The Hall–Kier alpha value is -3.86. The third-order valence-electron chi connectivity index (χ3n) is 7.42. The summed E-state index contributed by atoms with van der Waals surface area (Å²) in [6, 6.07) is 9.09. The molecule has 4 bridgehead atoms. The number of ether oxygens (including phenoxy) is 4. The van der Waals surface area contributed by atoms with Gasteiger partial charge in [-0.05, 0) is 54.7 Å². The molecule has 2 aliphatic heterocycles. The molecule has 1 saturated heterocycles. The molecule has 2 aliphatic rings. The lowest BCUT2D eigenvalue weighted by Crippen LogP contribution is -2.58. The van der Waals surface area contributed by atoms with Crippen LogP contribution >= 0.6 is 0 Å². The number of methoxy groups -OCH3 is 2. The number of piperidine rings is 1. The van der Waals surface area contributed by atoms with Gasteiger partial charge >= 0.3 is 0 Å². The number of amides is 3. The maximum absolute atomic E-state index is 14.5. The van der Waals surface area contributed by atoms with Crippen molar-refractivity contribution >= 4 is 17.7 Å². The standard InChI is InChI=1S/C31H40FN3O7/c1-39-13-5-3-4-6-31(38)35-12-11-26-25(19-35)34-30(37)20-41-28-16-21(7-9-27(28)40-2)8-10-29(36)33-18-22-14-23(32)17-24(15-22)42-26/h7,9,14-17,25-26H,3-6,8,10-13,18-20H2,1-2H3,(H,33,36)(H,34,37)/t25-,26-/m1/s1. The molecule has 4 rings (SSSR count). The summed E-state index contributed by atoms with van der Waals surface area (Å²) in [5.74, 6) is 0.0872. The zero-order valence-electron chi connectivity index (χ0n) is 24.3. The molecule has 0 radical (unpaired) electrons. The number of nitrogens with one attached hydrogen (secondary N) is 2. The number of likely N-dealkylation sites (tertiary alicyclic amines) is 1. The van der Waals surface area contributed by atoms with E-state index in [1.807, 2.05) is 6.07 Å². The molecular formula is C31H40FN3O7. The number of rotatable bonds is 7. The van der Waals surface area contributed by atoms with Crippen LogP contribution in [0.4, 0.5) is 4.39 Å². The van der Waals surface area contributed by atoms with E-state index in [0.717, 1.165) is 24.8 Å². The lowest BCUT2D eigenvalue weighted by molar-refractivity contribution is -0.135. The fourth-order valence-corrected chi connectivity index (χ4v) is 5.19. The Morgan fingerprint density at radius 1 is 1.05 bits per heavy atom. The number of nitrogens with zero attached hydrogens (tertiary/aromatic N) is 1. The Morgan fingerprint density at radius 2 is 1.90 bits per heavy atom. The van der Waals surface area contributed by atoms with Gasteiger partial charge < -0.3 is 34.5 Å². The van der Waals surface area contributed by atoms with Gasteiger partial charge in [0, 0.05) is 58.7 Å². The highest BCUT2D eigenvalue weighted by atomic mass is 19.1. The maximum atomic E-state index is 14.5. The highest BCUT2D eigenvalue weighted by Gasteiger charge is 2.34. The van der Waals surface area contributed by atoms with E-state index in [2.05, 4.69) is 10.6 Å². The van der Waals surface area contributed by atoms with Gasteiger partial charge in [-0.2, -0.15) is 0 Å². The smallest absolute Gasteiger partial charge is 0.258 e. The number of benzene rings is 2. The normalized spacial score (nSPS) is 19.6. The molecule has 11 heteroatoms. The molecule has 3 amide bonds. The largest absolute Gasteiger partial charge is 0.493 e. The second-order valence-electron chi connectivity index (χ2n) is 10.6. The van der Waals surface area contributed by atoms with Crippen LogP contribution in [0.15, 0.2) is 36.4 Å². The van der Waals surface area contributed by atoms with Crippen molar-refractivity contribution in [3.05, 3.63) is 53.3 Å². The van der Waals surface area contributed by atoms with Crippen LogP contribution in [0, 0.1) is 5.82 Å². The summed E-state index contributed by atoms with van der Waals surface area (Å²) in [5, 5.41) is 5.81. The summed E-state index contributed by atoms with van der Waals surface area (Å²) in [4.78, 5) is 40.3. The summed E-state index contributed by atoms with van der Waals surface area (Å²) < 4.78 is 37.0. The molecule has 42 heavy (non-hydrogen) atoms. The molecule has 2 aromatic carbocycles. The minimum absolute atomic E-state index is 0.0150. The molecule has 2 atom stereocenters. The van der Waals surface area contributed by atoms with Crippen LogP contribution in [0.2, 0.25) is 0 Å². The predicted octanol–water partition coefficient (Wildman–Crippen LogP) is 3.15. The molecule has 0 spiro atoms. The third-order valence-corrected chi connectivity index (χ3v) is 7.42. The van der Waals surface area contributed by atoms with Crippen molar-refractivity contribution in [3.63, 3.8) is 0 Å². The average molecular weight is 586 g/mol. The van der Waals surface area contributed by atoms with Gasteiger partial charge in [0.25, 0.3) is 5.91 Å². The first kappa shape index (κ1) is 31.1. The van der Waals surface area contributed by atoms with Crippen molar-refractivity contribution < 1.29 is 37.7 Å². The number of carbonyl (C=O) groups is 3. The Kier molecular flexibility index (Phi) is 11.4. The van der Waals surface area contributed by atoms with Crippen LogP contribution < -0.4 is 24.8 Å². The first-order chi connectivity index (χ1) is 20.3. The van der Waals surface area contributed by atoms with E-state index in [1.165, 1.54) is 19.2 Å². The molecular weight excluding hydrogens is 545 g/mol. The Morgan fingerprint density at radius 3 is 2.71 bits per heavy atom. The molecule has 1 fully saturated rings. The van der Waals surface area contributed by atoms with Gasteiger partial charge in [0.1, 0.15) is 17.7 Å². The number of halogens is 1. The molecule has 0 aliphatic carbocycles. The van der Waals surface area contributed by atoms with Crippen LogP contribution in [0.1, 0.15) is 49.7 Å². The number of carbonyl (C=O) groups excluding carboxylic acids is 3. The lowest BCUT2D eigenvalue weighted by atomic mass is 10.0. The SMILES string of the molecule is COCCCCCC(=O)N1CC[C@H]2Oc3cc(F)cc(c3)CNC(=O)CCc3ccc(OC)c(c3)OCC(=O)N[C@@H]2C1. The third kappa shape index (κ3) is 9.07. The minimum Gasteiger partial charge on any atom is -0.493 e. The zero-order valence-corrected chi connectivity index (χ0v) is 24.3. The van der Waals surface area contributed by atoms with Gasteiger partial charge in [0.15, 0.2) is 18.1 Å². The van der Waals surface area contributed by atoms with Gasteiger partial charge in [0.05, 0.1) is 13.2 Å². The first-order valence-corrected chi connectivity index (χ1v) is 14.4. The lowest BCUT2D eigenvalue weighted by Gasteiger charge is -2.39. The summed E-state index contributed by atoms with van der Waals surface area (Å²) >= 11 is 0. The average Bonchev–Trinajstić information content (AvgIpc) is 2.98. The fourth-order valence-electron chi connectivity index (χ4n) is 5.19. The Balaban J connectivity index is 1.53. The highest BCUT2D eigenvalue weighted by Crippen LogP contribution is 2.29. The molecule has 0 unspecified atom stereocenters. The Bertz CT molecular complexity index is 1240. The summed E-state index contributed by atoms with van der Waals surface area (Å²) in [6.07, 6.45) is 3.55. The van der Waals surface area contributed by atoms with E-state index in [-0.39, 0.29) is 37.9 Å². The van der Waals surface area contributed by atoms with Gasteiger partial charge in [-0.15, -0.1) is 0 Å². The van der Waals surface area contributed by atoms with Gasteiger partial charge in [-0.25, -0.2) is 4.39 Å². The maximum Gasteiger partial charge on any atom is 0.258 e. The quantitative estimate of drug-likeness (QED) is 0.480. The molecule has 0 saturated carbocycles. The summed E-state index contributed by atoms with van der Waals surface area (Å²) in [5.41, 5.74) is 1.40. The van der Waals surface area contributed by atoms with Crippen molar-refractivity contribution in [1.29, 1.82) is 0 Å². The van der Waals surface area contributed by atoms with E-state index in [1.54, 1.807) is 30.2 Å². The van der Waals surface area contributed by atoms with Crippen molar-refractivity contribution in [2.45, 2.75) is 63.6 Å². The number of hydrogen-bond donors (Lipinski definition) is 2. The molecule has 2 aromatic rings. The van der Waals surface area contributed by atoms with Gasteiger partial charge in [-0.3, -0.25) is 14.4 Å². The van der Waals surface area contributed by atoms with Gasteiger partial charge in [0.2, 0.25) is 11.8 Å². The number of fused-ring (bicyclic) bond motifs is 5. The zero-order chi connectivity index (χ0) is 29.9. The minimum atomic E-state index is -0.550. The van der Waals surface area contributed by atoms with Crippen molar-refractivity contribution in [2.24, 2.45) is 0 Å². The molecule has 2 heterocycles. The van der Waals surface area contributed by atoms with Crippen molar-refractivity contribution in [2.75, 3.05) is 40.5 Å². The van der Waals surface area contributed by atoms with E-state index >= 15 is 0 Å². The van der Waals surface area contributed by atoms with E-state index in [9.17, 15) is 18.8 Å². The second kappa shape index (κ2) is 15.4. The van der Waals surface area contributed by atoms with Crippen LogP contribution in [0.3, 0.4) is 0 Å². The monoisotopic (exact) mass is 585 g/mol. The van der Waals surface area contributed by atoms with Crippen molar-refractivity contribution in [1.82, 2.24) is 15.5 Å². The fraction of sp³-hybridized carbons (Fsp3) is 0.516. The van der Waals surface area contributed by atoms with Crippen LogP contribution in [0.25, 0.3) is 0 Å². The molecule has 10 nitrogen and oxygen atoms in total. The topological polar surface area (TPSA) is 115 Å². The summed E-state index contributed by atoms with van der Waals surface area (Å²) in [6.45, 7) is 1.22. The Labute approximate surface area is 245 Å². The number of hydrogen-bond acceptors (Lipinski definition) is 7. The number of aryl methyl sites for hydroxylation is 1. The van der Waals surface area contributed by atoms with E-state index in [4.69, 9.17) is 18.9 Å². The second-order valence-corrected chi connectivity index (χ2v) is 10.6. The van der Waals surface area contributed by atoms with Crippen LogP contribution in [-0.2, 0) is 32.1 Å². The molecule has 0 aromatic heterocycles. The van der Waals surface area contributed by atoms with Crippen LogP contribution in [0.5, 0.6) is 17.2 Å². The molecule has 2 N–H and O–H groups in total. The summed E-state index contributed by atoms with van der Waals surface area (Å²) in [7, 11) is 3.17. The molecule has 228 valence electrons. The first-order valence-electron chi connectivity index (χ1n) is 14.4. The van der Waals surface area contributed by atoms with Crippen molar-refractivity contribution in [3.8, 4) is 17.2 Å². The van der Waals surface area contributed by atoms with E-state index in [0.29, 0.717) is 55.2 Å². The van der Waals surface area contributed by atoms with E-state index < -0.39 is 23.9 Å². The number of unbranched alkanes of at least 4 members (excludes halogenated alkanes) is 2. The van der Waals surface area contributed by atoms with Crippen LogP contribution in [-0.4, -0.2) is 75.3 Å². The highest BCUT2D eigenvalue weighted by molar-refractivity contribution is 5.79. The predicted molar refractivity (Wildman–Crippen MR) is 153 cm³/mol. The van der Waals surface area contributed by atoms with Gasteiger partial charge in [-0.1, -0.05) is 12.5 Å².